The van der Waals surface area contributed by atoms with Gasteiger partial charge in [-0.05, 0) is 70.3 Å². The van der Waals surface area contributed by atoms with Crippen LogP contribution in [0.3, 0.4) is 0 Å². The molecule has 2 rings (SSSR count). The lowest BCUT2D eigenvalue weighted by molar-refractivity contribution is -0.161. The summed E-state index contributed by atoms with van der Waals surface area (Å²) < 4.78 is 56.7. The highest BCUT2D eigenvalue weighted by Crippen LogP contribution is 2.60. The largest absolute Gasteiger partial charge is 0.481 e. The summed E-state index contributed by atoms with van der Waals surface area (Å²) in [5, 5.41) is 31.3. The Labute approximate surface area is 433 Å². The molecule has 418 valence electrons. The number of aliphatic hydroxyl groups is 3. The van der Waals surface area contributed by atoms with Crippen LogP contribution >= 0.6 is 15.6 Å². The van der Waals surface area contributed by atoms with E-state index in [2.05, 4.69) is 47.4 Å². The van der Waals surface area contributed by atoms with E-state index in [-0.39, 0.29) is 31.5 Å². The Bertz CT molecular complexity index is 1930. The quantitative estimate of drug-likeness (QED) is 0.0116. The van der Waals surface area contributed by atoms with Crippen molar-refractivity contribution in [1.29, 1.82) is 0 Å². The Morgan fingerprint density at radius 2 is 1.27 bits per heavy atom. The second kappa shape index (κ2) is 40.0. The molecular weight excluding hydrogens is 985 g/mol. The Balaban J connectivity index is 1.84. The molecule has 0 aromatic carbocycles. The van der Waals surface area contributed by atoms with Crippen molar-refractivity contribution in [3.8, 4) is 0 Å². The van der Waals surface area contributed by atoms with Gasteiger partial charge in [0.25, 0.3) is 0 Å². The molecule has 3 unspecified atom stereocenters. The van der Waals surface area contributed by atoms with Gasteiger partial charge in [-0.15, -0.1) is 0 Å². The third kappa shape index (κ3) is 32.7. The number of allylic oxidation sites excluding steroid dienone is 7. The minimum Gasteiger partial charge on any atom is -0.462 e. The van der Waals surface area contributed by atoms with E-state index in [1.165, 1.54) is 83.1 Å². The zero-order valence-electron chi connectivity index (χ0n) is 43.5. The highest BCUT2D eigenvalue weighted by atomic mass is 31.3. The topological polar surface area (TPSA) is 286 Å². The van der Waals surface area contributed by atoms with Crippen LogP contribution in [0.5, 0.6) is 0 Å². The van der Waals surface area contributed by atoms with Crippen LogP contribution in [0.1, 0.15) is 193 Å². The first-order valence-electron chi connectivity index (χ1n) is 26.8. The monoisotopic (exact) mass is 1070 g/mol. The van der Waals surface area contributed by atoms with Gasteiger partial charge in [0.05, 0.1) is 19.3 Å². The standard InChI is InChI=1S/C52H89N3O16P2/c1-3-5-7-9-11-13-15-17-18-19-20-22-24-26-28-30-32-36-47(57)66-40-44(69-48(58)37-33-35-43(56)34-31-29-27-25-23-21-16-14-12-10-8-6-4-2)41-67-72(62,63)71-73(64,65)68-42-45-49(59)50(60)51(70-45)55-39-38-46(53)54-52(55)61/h17-18,21,23,27,29,31,34,38-39,43-45,49-51,56,59-60H,3-16,19-20,22,24-26,28,30,32-33,35-37,40-42H2,1-2H3,(H,62,63)(H,64,65)(H2,53,54,61)/b18-17-,23-21+,29-27+,34-31+/t43?,44-,45-,49-,50-,51-/m1/s1. The molecule has 1 fully saturated rings. The van der Waals surface area contributed by atoms with E-state index in [1.54, 1.807) is 12.2 Å². The molecule has 2 heterocycles. The van der Waals surface area contributed by atoms with E-state index in [0.29, 0.717) is 6.42 Å². The number of aromatic nitrogens is 2. The van der Waals surface area contributed by atoms with Gasteiger partial charge in [-0.2, -0.15) is 9.29 Å². The molecule has 21 heteroatoms. The molecule has 73 heavy (non-hydrogen) atoms. The maximum Gasteiger partial charge on any atom is 0.481 e. The second-order valence-electron chi connectivity index (χ2n) is 18.6. The van der Waals surface area contributed by atoms with Gasteiger partial charge in [0.2, 0.25) is 0 Å². The first kappa shape index (κ1) is 65.8. The van der Waals surface area contributed by atoms with Crippen molar-refractivity contribution in [1.82, 2.24) is 9.55 Å². The van der Waals surface area contributed by atoms with E-state index < -0.39 is 89.8 Å². The fourth-order valence-electron chi connectivity index (χ4n) is 7.79. The lowest BCUT2D eigenvalue weighted by Crippen LogP contribution is -2.36. The SMILES string of the molecule is CCCCCCCC/C=C\CCCCCCCCCC(=O)OC[C@H](COP(=O)(O)OP(=O)(O)OC[C@H]1O[C@@H](n2ccc(N)nc2=O)[C@H](O)[C@@H]1O)OC(=O)CCCC(O)/C=C/C=C/C/C=C/CCCCCCCC. The minimum absolute atomic E-state index is 0.0822. The van der Waals surface area contributed by atoms with Crippen molar-refractivity contribution >= 4 is 33.4 Å². The lowest BCUT2D eigenvalue weighted by Gasteiger charge is -2.21. The molecular formula is C52H89N3O16P2. The predicted molar refractivity (Wildman–Crippen MR) is 281 cm³/mol. The van der Waals surface area contributed by atoms with Gasteiger partial charge in [0.15, 0.2) is 12.3 Å². The Hall–Kier alpha value is -3.32. The minimum atomic E-state index is -5.47. The van der Waals surface area contributed by atoms with Gasteiger partial charge in [0, 0.05) is 19.0 Å². The number of aliphatic hydroxyl groups excluding tert-OH is 3. The van der Waals surface area contributed by atoms with Crippen molar-refractivity contribution in [3.05, 3.63) is 71.4 Å². The van der Waals surface area contributed by atoms with E-state index in [0.717, 1.165) is 75.0 Å². The molecule has 0 saturated carbocycles. The molecule has 19 nitrogen and oxygen atoms in total. The summed E-state index contributed by atoms with van der Waals surface area (Å²) in [5.41, 5.74) is 4.58. The van der Waals surface area contributed by atoms with Crippen molar-refractivity contribution in [2.75, 3.05) is 25.6 Å². The van der Waals surface area contributed by atoms with Crippen molar-refractivity contribution < 1.29 is 71.4 Å². The fraction of sp³-hybridized carbons (Fsp3) is 0.731. The molecule has 0 spiro atoms. The van der Waals surface area contributed by atoms with Crippen molar-refractivity contribution in [2.24, 2.45) is 0 Å². The van der Waals surface area contributed by atoms with Crippen LogP contribution < -0.4 is 11.4 Å². The molecule has 0 bridgehead atoms. The molecule has 0 radical (unpaired) electrons. The summed E-state index contributed by atoms with van der Waals surface area (Å²) >= 11 is 0. The summed E-state index contributed by atoms with van der Waals surface area (Å²) in [5.74, 6) is -1.51. The van der Waals surface area contributed by atoms with Gasteiger partial charge in [-0.25, -0.2) is 13.9 Å². The van der Waals surface area contributed by atoms with Gasteiger partial charge in [-0.1, -0.05) is 159 Å². The smallest absolute Gasteiger partial charge is 0.462 e. The molecule has 1 aliphatic rings. The summed E-state index contributed by atoms with van der Waals surface area (Å²) in [6.45, 7) is 1.97. The number of rotatable bonds is 44. The average Bonchev–Trinajstić information content (AvgIpc) is 3.62. The fourth-order valence-corrected chi connectivity index (χ4v) is 9.90. The Morgan fingerprint density at radius 1 is 0.726 bits per heavy atom. The number of hydrogen-bond donors (Lipinski definition) is 6. The van der Waals surface area contributed by atoms with Crippen LogP contribution in [0.4, 0.5) is 5.82 Å². The van der Waals surface area contributed by atoms with Gasteiger partial charge in [-0.3, -0.25) is 23.2 Å². The number of ether oxygens (including phenoxy) is 3. The number of phosphoric ester groups is 2. The lowest BCUT2D eigenvalue weighted by atomic mass is 10.1. The average molecular weight is 1070 g/mol. The van der Waals surface area contributed by atoms with Gasteiger partial charge in [0.1, 0.15) is 30.7 Å². The molecule has 1 aliphatic heterocycles. The van der Waals surface area contributed by atoms with Gasteiger partial charge < -0.3 is 45.1 Å². The number of nitrogens with two attached hydrogens (primary N) is 1. The van der Waals surface area contributed by atoms with Crippen LogP contribution in [0.2, 0.25) is 0 Å². The van der Waals surface area contributed by atoms with Crippen LogP contribution in [0.25, 0.3) is 0 Å². The Kier molecular flexibility index (Phi) is 36.1. The predicted octanol–water partition coefficient (Wildman–Crippen LogP) is 10.3. The molecule has 7 N–H and O–H groups in total. The number of unbranched alkanes of at least 4 members (excludes halogenated alkanes) is 19. The van der Waals surface area contributed by atoms with Crippen LogP contribution in [-0.4, -0.2) is 96.9 Å². The highest BCUT2D eigenvalue weighted by molar-refractivity contribution is 7.61. The number of nitrogens with zero attached hydrogens (tertiary/aromatic N) is 2. The zero-order chi connectivity index (χ0) is 53.6. The van der Waals surface area contributed by atoms with Gasteiger partial charge >= 0.3 is 33.3 Å². The number of anilines is 1. The first-order chi connectivity index (χ1) is 35.1. The summed E-state index contributed by atoms with van der Waals surface area (Å²) in [7, 11) is -10.9. The normalized spacial score (nSPS) is 19.8. The van der Waals surface area contributed by atoms with Crippen molar-refractivity contribution in [3.63, 3.8) is 0 Å². The number of nitrogen functional groups attached to an aromatic ring is 1. The second-order valence-corrected chi connectivity index (χ2v) is 21.6. The molecule has 0 aliphatic carbocycles. The summed E-state index contributed by atoms with van der Waals surface area (Å²) in [6.07, 6.45) is 34.9. The number of esters is 2. The van der Waals surface area contributed by atoms with E-state index in [4.69, 9.17) is 29.0 Å². The van der Waals surface area contributed by atoms with Crippen LogP contribution in [-0.2, 0) is 46.3 Å². The summed E-state index contributed by atoms with van der Waals surface area (Å²) in [6, 6.07) is 1.24. The zero-order valence-corrected chi connectivity index (χ0v) is 45.3. The molecule has 8 atom stereocenters. The van der Waals surface area contributed by atoms with Crippen LogP contribution in [0, 0.1) is 0 Å². The molecule has 1 aromatic rings. The number of phosphoric acid groups is 2. The third-order valence-corrected chi connectivity index (χ3v) is 14.6. The highest BCUT2D eigenvalue weighted by Gasteiger charge is 2.46. The maximum atomic E-state index is 12.9. The van der Waals surface area contributed by atoms with E-state index in [9.17, 15) is 48.6 Å². The summed E-state index contributed by atoms with van der Waals surface area (Å²) in [4.78, 5) is 62.0. The van der Waals surface area contributed by atoms with E-state index >= 15 is 0 Å². The molecule has 1 saturated heterocycles. The first-order valence-corrected chi connectivity index (χ1v) is 29.7. The number of carbonyl (C=O) groups is 2. The van der Waals surface area contributed by atoms with Crippen LogP contribution in [0.15, 0.2) is 65.7 Å². The van der Waals surface area contributed by atoms with E-state index in [1.807, 2.05) is 12.2 Å². The molecule has 1 aromatic heterocycles. The third-order valence-electron chi connectivity index (χ3n) is 12.0. The maximum absolute atomic E-state index is 12.9. The Morgan fingerprint density at radius 3 is 1.88 bits per heavy atom. The number of hydrogen-bond acceptors (Lipinski definition) is 16. The molecule has 0 amide bonds. The van der Waals surface area contributed by atoms with Crippen molar-refractivity contribution in [2.45, 2.75) is 224 Å². The number of carbonyl (C=O) groups excluding carboxylic acids is 2.